The Bertz CT molecular complexity index is 141. The van der Waals surface area contributed by atoms with Gasteiger partial charge in [0.05, 0.1) is 5.92 Å². The first-order chi connectivity index (χ1) is 5.72. The summed E-state index contributed by atoms with van der Waals surface area (Å²) in [5.74, 6) is -1.81. The molecule has 1 rings (SSSR count). The number of piperidine rings is 1. The topological polar surface area (TPSA) is 49.3 Å². The average molecular weight is 177 g/mol. The third-order valence-electron chi connectivity index (χ3n) is 1.73. The molecule has 2 unspecified atom stereocenters. The quantitative estimate of drug-likeness (QED) is 0.629. The SMILES string of the molecule is CC.O=C(O)C1CCNCC1F. The van der Waals surface area contributed by atoms with Gasteiger partial charge >= 0.3 is 5.97 Å². The Hall–Kier alpha value is -0.640. The van der Waals surface area contributed by atoms with E-state index in [1.54, 1.807) is 0 Å². The van der Waals surface area contributed by atoms with Crippen LogP contribution >= 0.6 is 0 Å². The highest BCUT2D eigenvalue weighted by Crippen LogP contribution is 2.15. The molecule has 1 aliphatic heterocycles. The molecule has 3 nitrogen and oxygen atoms in total. The number of rotatable bonds is 1. The summed E-state index contributed by atoms with van der Waals surface area (Å²) in [6.07, 6.45) is -0.817. The molecule has 2 N–H and O–H groups in total. The van der Waals surface area contributed by atoms with Crippen molar-refractivity contribution in [2.75, 3.05) is 13.1 Å². The van der Waals surface area contributed by atoms with Crippen LogP contribution in [0, 0.1) is 5.92 Å². The molecule has 0 bridgehead atoms. The first-order valence-corrected chi connectivity index (χ1v) is 4.29. The minimum absolute atomic E-state index is 0.178. The van der Waals surface area contributed by atoms with E-state index in [0.717, 1.165) is 0 Å². The Morgan fingerprint density at radius 2 is 2.17 bits per heavy atom. The first kappa shape index (κ1) is 11.4. The molecular formula is C8H16FNO2. The second-order valence-corrected chi connectivity index (χ2v) is 2.45. The van der Waals surface area contributed by atoms with Gasteiger partial charge in [0.2, 0.25) is 0 Å². The van der Waals surface area contributed by atoms with Crippen molar-refractivity contribution in [3.8, 4) is 0 Å². The molecule has 0 spiro atoms. The molecule has 0 radical (unpaired) electrons. The predicted molar refractivity (Wildman–Crippen MR) is 44.9 cm³/mol. The normalized spacial score (nSPS) is 28.6. The zero-order chi connectivity index (χ0) is 9.56. The molecular weight excluding hydrogens is 161 g/mol. The van der Waals surface area contributed by atoms with Crippen molar-refractivity contribution < 1.29 is 14.3 Å². The molecule has 0 aromatic carbocycles. The number of carboxylic acids is 1. The molecule has 1 saturated heterocycles. The molecule has 0 saturated carbocycles. The highest BCUT2D eigenvalue weighted by molar-refractivity contribution is 5.70. The second-order valence-electron chi connectivity index (χ2n) is 2.45. The van der Waals surface area contributed by atoms with Crippen LogP contribution in [0.1, 0.15) is 20.3 Å². The maximum Gasteiger partial charge on any atom is 0.309 e. The van der Waals surface area contributed by atoms with E-state index < -0.39 is 18.1 Å². The molecule has 1 aliphatic rings. The van der Waals surface area contributed by atoms with Gasteiger partial charge < -0.3 is 10.4 Å². The Morgan fingerprint density at radius 1 is 1.58 bits per heavy atom. The van der Waals surface area contributed by atoms with Crippen LogP contribution in [-0.2, 0) is 4.79 Å². The zero-order valence-electron chi connectivity index (χ0n) is 7.51. The van der Waals surface area contributed by atoms with Gasteiger partial charge in [-0.05, 0) is 13.0 Å². The molecule has 1 fully saturated rings. The van der Waals surface area contributed by atoms with Crippen LogP contribution in [0.5, 0.6) is 0 Å². The summed E-state index contributed by atoms with van der Waals surface area (Å²) < 4.78 is 12.7. The van der Waals surface area contributed by atoms with Crippen LogP contribution in [0.3, 0.4) is 0 Å². The van der Waals surface area contributed by atoms with Gasteiger partial charge in [0.25, 0.3) is 0 Å². The van der Waals surface area contributed by atoms with Crippen molar-refractivity contribution in [1.82, 2.24) is 5.32 Å². The molecule has 0 amide bonds. The summed E-state index contributed by atoms with van der Waals surface area (Å²) in [6.45, 7) is 4.79. The molecule has 1 heterocycles. The zero-order valence-corrected chi connectivity index (χ0v) is 7.51. The van der Waals surface area contributed by atoms with Gasteiger partial charge in [0.1, 0.15) is 6.17 Å². The van der Waals surface area contributed by atoms with Crippen LogP contribution < -0.4 is 5.32 Å². The van der Waals surface area contributed by atoms with Crippen LogP contribution in [0.25, 0.3) is 0 Å². The minimum Gasteiger partial charge on any atom is -0.481 e. The fourth-order valence-electron chi connectivity index (χ4n) is 1.10. The van der Waals surface area contributed by atoms with E-state index in [0.29, 0.717) is 13.0 Å². The average Bonchev–Trinajstić information content (AvgIpc) is 2.08. The molecule has 0 aromatic heterocycles. The number of aliphatic carboxylic acids is 1. The monoisotopic (exact) mass is 177 g/mol. The highest BCUT2D eigenvalue weighted by atomic mass is 19.1. The molecule has 12 heavy (non-hydrogen) atoms. The highest BCUT2D eigenvalue weighted by Gasteiger charge is 2.30. The number of hydrogen-bond donors (Lipinski definition) is 2. The van der Waals surface area contributed by atoms with E-state index in [4.69, 9.17) is 5.11 Å². The van der Waals surface area contributed by atoms with Gasteiger partial charge in [0.15, 0.2) is 0 Å². The van der Waals surface area contributed by atoms with E-state index in [2.05, 4.69) is 5.32 Å². The van der Waals surface area contributed by atoms with E-state index in [1.807, 2.05) is 13.8 Å². The van der Waals surface area contributed by atoms with Crippen molar-refractivity contribution in [3.63, 3.8) is 0 Å². The molecule has 0 aromatic rings. The molecule has 0 aliphatic carbocycles. The lowest BCUT2D eigenvalue weighted by molar-refractivity contribution is -0.144. The van der Waals surface area contributed by atoms with Crippen LogP contribution in [0.15, 0.2) is 0 Å². The van der Waals surface area contributed by atoms with Crippen molar-refractivity contribution in [3.05, 3.63) is 0 Å². The number of nitrogens with one attached hydrogen (secondary N) is 1. The number of carbonyl (C=O) groups is 1. The Balaban J connectivity index is 0.000000561. The lowest BCUT2D eigenvalue weighted by Gasteiger charge is -2.22. The van der Waals surface area contributed by atoms with Crippen LogP contribution in [0.4, 0.5) is 4.39 Å². The van der Waals surface area contributed by atoms with Crippen molar-refractivity contribution in [2.45, 2.75) is 26.4 Å². The van der Waals surface area contributed by atoms with E-state index in [1.165, 1.54) is 0 Å². The minimum atomic E-state index is -1.22. The van der Waals surface area contributed by atoms with E-state index >= 15 is 0 Å². The van der Waals surface area contributed by atoms with Gasteiger partial charge in [-0.1, -0.05) is 13.8 Å². The van der Waals surface area contributed by atoms with Crippen LogP contribution in [-0.4, -0.2) is 30.3 Å². The smallest absolute Gasteiger partial charge is 0.309 e. The maximum absolute atomic E-state index is 12.7. The lowest BCUT2D eigenvalue weighted by Crippen LogP contribution is -2.41. The summed E-state index contributed by atoms with van der Waals surface area (Å²) in [6, 6.07) is 0. The fraction of sp³-hybridized carbons (Fsp3) is 0.875. The number of halogens is 1. The van der Waals surface area contributed by atoms with Crippen molar-refractivity contribution >= 4 is 5.97 Å². The van der Waals surface area contributed by atoms with Crippen molar-refractivity contribution in [2.24, 2.45) is 5.92 Å². The first-order valence-electron chi connectivity index (χ1n) is 4.29. The predicted octanol–water partition coefficient (Wildman–Crippen LogP) is 1.04. The molecule has 72 valence electrons. The number of hydrogen-bond acceptors (Lipinski definition) is 2. The Labute approximate surface area is 72.0 Å². The summed E-state index contributed by atoms with van der Waals surface area (Å²) >= 11 is 0. The number of carboxylic acid groups (broad SMARTS) is 1. The molecule has 2 atom stereocenters. The third kappa shape index (κ3) is 3.17. The summed E-state index contributed by atoms with van der Waals surface area (Å²) in [5, 5.41) is 11.2. The largest absolute Gasteiger partial charge is 0.481 e. The Kier molecular flexibility index (Phi) is 5.62. The summed E-state index contributed by atoms with van der Waals surface area (Å²) in [5.41, 5.74) is 0. The van der Waals surface area contributed by atoms with Gasteiger partial charge in [-0.3, -0.25) is 4.79 Å². The maximum atomic E-state index is 12.7. The standard InChI is InChI=1S/C6H10FNO2.C2H6/c7-5-3-8-2-1-4(5)6(9)10;1-2/h4-5,8H,1-3H2,(H,9,10);1-2H3. The van der Waals surface area contributed by atoms with Gasteiger partial charge in [-0.2, -0.15) is 0 Å². The van der Waals surface area contributed by atoms with E-state index in [9.17, 15) is 9.18 Å². The van der Waals surface area contributed by atoms with Crippen LogP contribution in [0.2, 0.25) is 0 Å². The second kappa shape index (κ2) is 5.94. The Morgan fingerprint density at radius 3 is 2.50 bits per heavy atom. The lowest BCUT2D eigenvalue weighted by atomic mass is 9.97. The van der Waals surface area contributed by atoms with E-state index in [-0.39, 0.29) is 6.54 Å². The summed E-state index contributed by atoms with van der Waals surface area (Å²) in [7, 11) is 0. The van der Waals surface area contributed by atoms with Crippen molar-refractivity contribution in [1.29, 1.82) is 0 Å². The summed E-state index contributed by atoms with van der Waals surface area (Å²) in [4.78, 5) is 10.3. The van der Waals surface area contributed by atoms with Gasteiger partial charge in [-0.15, -0.1) is 0 Å². The number of alkyl halides is 1. The van der Waals surface area contributed by atoms with Gasteiger partial charge in [-0.25, -0.2) is 4.39 Å². The fourth-order valence-corrected chi connectivity index (χ4v) is 1.10. The molecule has 4 heteroatoms. The van der Waals surface area contributed by atoms with Gasteiger partial charge in [0, 0.05) is 6.54 Å². The third-order valence-corrected chi connectivity index (χ3v) is 1.73.